The number of carbonyl (C=O) groups is 2. The van der Waals surface area contributed by atoms with Crippen LogP contribution in [-0.4, -0.2) is 58.5 Å². The van der Waals surface area contributed by atoms with Crippen molar-refractivity contribution < 1.29 is 14.3 Å². The number of hydrogen-bond acceptors (Lipinski definition) is 4. The van der Waals surface area contributed by atoms with Gasteiger partial charge in [0, 0.05) is 37.8 Å². The highest BCUT2D eigenvalue weighted by Gasteiger charge is 2.35. The Morgan fingerprint density at radius 2 is 1.88 bits per heavy atom. The molecule has 0 saturated carbocycles. The van der Waals surface area contributed by atoms with Gasteiger partial charge in [0.2, 0.25) is 0 Å². The normalized spacial score (nSPS) is 16.5. The van der Waals surface area contributed by atoms with Gasteiger partial charge in [-0.15, -0.1) is 0 Å². The molecule has 0 unspecified atom stereocenters. The van der Waals surface area contributed by atoms with Gasteiger partial charge in [0.1, 0.15) is 6.61 Å². The Bertz CT molecular complexity index is 1150. The zero-order valence-corrected chi connectivity index (χ0v) is 18.1. The molecule has 2 aliphatic rings. The van der Waals surface area contributed by atoms with Crippen LogP contribution in [0.4, 0.5) is 4.79 Å². The molecule has 5 rings (SSSR count). The van der Waals surface area contributed by atoms with E-state index in [1.807, 2.05) is 72.6 Å². The molecule has 3 aromatic rings. The summed E-state index contributed by atoms with van der Waals surface area (Å²) < 4.78 is 5.56. The van der Waals surface area contributed by atoms with Gasteiger partial charge in [-0.05, 0) is 23.1 Å². The number of fused-ring (bicyclic) bond motifs is 1. The number of carbonyl (C=O) groups excluding carboxylic acids is 2. The molecule has 3 heterocycles. The van der Waals surface area contributed by atoms with Crippen molar-refractivity contribution >= 4 is 22.9 Å². The summed E-state index contributed by atoms with van der Waals surface area (Å²) in [5, 5.41) is 1.08. The second-order valence-corrected chi connectivity index (χ2v) is 8.36. The predicted molar refractivity (Wildman–Crippen MR) is 121 cm³/mol. The number of nitrogens with zero attached hydrogens (tertiary/aromatic N) is 3. The molecule has 1 N–H and O–H groups in total. The topological polar surface area (TPSA) is 68.9 Å². The van der Waals surface area contributed by atoms with Crippen LogP contribution in [0.25, 0.3) is 10.9 Å². The number of rotatable bonds is 4. The van der Waals surface area contributed by atoms with Gasteiger partial charge in [0.05, 0.1) is 24.5 Å². The minimum absolute atomic E-state index is 0.00456. The van der Waals surface area contributed by atoms with E-state index in [2.05, 4.69) is 9.88 Å². The van der Waals surface area contributed by atoms with E-state index in [4.69, 9.17) is 4.74 Å². The third-order valence-corrected chi connectivity index (χ3v) is 6.12. The van der Waals surface area contributed by atoms with E-state index < -0.39 is 6.09 Å². The molecule has 32 heavy (non-hydrogen) atoms. The van der Waals surface area contributed by atoms with E-state index in [9.17, 15) is 9.59 Å². The fraction of sp³-hybridized carbons (Fsp3) is 0.280. The first-order valence-electron chi connectivity index (χ1n) is 10.8. The lowest BCUT2D eigenvalue weighted by molar-refractivity contribution is -0.131. The van der Waals surface area contributed by atoms with E-state index in [0.717, 1.165) is 27.9 Å². The Hall–Kier alpha value is -3.74. The maximum absolute atomic E-state index is 13.2. The van der Waals surface area contributed by atoms with Crippen LogP contribution in [0.1, 0.15) is 17.7 Å². The van der Waals surface area contributed by atoms with Crippen molar-refractivity contribution in [1.82, 2.24) is 19.7 Å². The van der Waals surface area contributed by atoms with Crippen LogP contribution in [0.2, 0.25) is 0 Å². The van der Waals surface area contributed by atoms with Crippen LogP contribution in [0.5, 0.6) is 0 Å². The molecule has 0 saturated heterocycles. The number of aromatic nitrogens is 1. The van der Waals surface area contributed by atoms with E-state index in [1.54, 1.807) is 4.90 Å². The standard InChI is InChI=1S/C25H26N4O3/c1-27-17-29(14-18-7-3-2-4-8-18)24(30)21-15-28(12-11-23(21)27)25(31)32-16-20-13-19-9-5-6-10-22(19)26-20/h2-10,13,26H,11-12,14-17H2,1H3. The van der Waals surface area contributed by atoms with Crippen LogP contribution < -0.4 is 0 Å². The summed E-state index contributed by atoms with van der Waals surface area (Å²) in [4.78, 5) is 34.8. The van der Waals surface area contributed by atoms with Crippen molar-refractivity contribution in [3.63, 3.8) is 0 Å². The molecule has 0 aliphatic carbocycles. The van der Waals surface area contributed by atoms with Gasteiger partial charge in [-0.2, -0.15) is 0 Å². The van der Waals surface area contributed by atoms with Gasteiger partial charge >= 0.3 is 6.09 Å². The molecule has 0 atom stereocenters. The van der Waals surface area contributed by atoms with E-state index in [-0.39, 0.29) is 19.1 Å². The lowest BCUT2D eigenvalue weighted by atomic mass is 10.0. The van der Waals surface area contributed by atoms with Gasteiger partial charge in [-0.3, -0.25) is 4.79 Å². The van der Waals surface area contributed by atoms with E-state index >= 15 is 0 Å². The first-order valence-corrected chi connectivity index (χ1v) is 10.8. The highest BCUT2D eigenvalue weighted by atomic mass is 16.6. The summed E-state index contributed by atoms with van der Waals surface area (Å²) in [6, 6.07) is 19.9. The van der Waals surface area contributed by atoms with Gasteiger partial charge in [0.15, 0.2) is 0 Å². The molecule has 0 bridgehead atoms. The van der Waals surface area contributed by atoms with E-state index in [1.165, 1.54) is 0 Å². The summed E-state index contributed by atoms with van der Waals surface area (Å²) in [6.07, 6.45) is 0.254. The molecule has 0 fully saturated rings. The van der Waals surface area contributed by atoms with Crippen LogP contribution in [-0.2, 0) is 22.7 Å². The van der Waals surface area contributed by atoms with Crippen LogP contribution in [0.15, 0.2) is 71.9 Å². The number of para-hydroxylation sites is 1. The second-order valence-electron chi connectivity index (χ2n) is 8.36. The molecule has 1 aromatic heterocycles. The average Bonchev–Trinajstić information content (AvgIpc) is 3.24. The first kappa shape index (κ1) is 20.2. The summed E-state index contributed by atoms with van der Waals surface area (Å²) in [5.41, 5.74) is 4.66. The Morgan fingerprint density at radius 3 is 2.69 bits per heavy atom. The number of hydrogen-bond donors (Lipinski definition) is 1. The quantitative estimate of drug-likeness (QED) is 0.685. The highest BCUT2D eigenvalue weighted by molar-refractivity contribution is 5.96. The smallest absolute Gasteiger partial charge is 0.410 e. The zero-order valence-electron chi connectivity index (χ0n) is 18.1. The van der Waals surface area contributed by atoms with Gasteiger partial charge in [-0.1, -0.05) is 48.5 Å². The molecule has 0 radical (unpaired) electrons. The van der Waals surface area contributed by atoms with Crippen LogP contribution in [0, 0.1) is 0 Å². The lowest BCUT2D eigenvalue weighted by Crippen LogP contribution is -2.51. The second kappa shape index (κ2) is 8.42. The molecule has 7 nitrogen and oxygen atoms in total. The van der Waals surface area contributed by atoms with Gasteiger partial charge in [0.25, 0.3) is 5.91 Å². The fourth-order valence-corrected chi connectivity index (χ4v) is 4.49. The number of nitrogens with one attached hydrogen (secondary N) is 1. The van der Waals surface area contributed by atoms with Crippen molar-refractivity contribution in [2.24, 2.45) is 0 Å². The van der Waals surface area contributed by atoms with Gasteiger partial charge in [-0.25, -0.2) is 4.79 Å². The van der Waals surface area contributed by atoms with Gasteiger partial charge < -0.3 is 24.4 Å². The SMILES string of the molecule is CN1CN(Cc2ccccc2)C(=O)C2=C1CCN(C(=O)OCc1cc3ccccc3[nH]1)C2. The molecule has 2 aromatic carbocycles. The van der Waals surface area contributed by atoms with Crippen molar-refractivity contribution in [2.75, 3.05) is 26.8 Å². The van der Waals surface area contributed by atoms with Crippen LogP contribution >= 0.6 is 0 Å². The lowest BCUT2D eigenvalue weighted by Gasteiger charge is -2.41. The van der Waals surface area contributed by atoms with Crippen molar-refractivity contribution in [2.45, 2.75) is 19.6 Å². The summed E-state index contributed by atoms with van der Waals surface area (Å²) >= 11 is 0. The van der Waals surface area contributed by atoms with Crippen molar-refractivity contribution in [3.8, 4) is 0 Å². The van der Waals surface area contributed by atoms with Crippen LogP contribution in [0.3, 0.4) is 0 Å². The van der Waals surface area contributed by atoms with E-state index in [0.29, 0.717) is 31.8 Å². The number of amides is 2. The molecular weight excluding hydrogens is 404 g/mol. The zero-order chi connectivity index (χ0) is 22.1. The highest BCUT2D eigenvalue weighted by Crippen LogP contribution is 2.28. The summed E-state index contributed by atoms with van der Waals surface area (Å²) in [7, 11) is 2.00. The minimum Gasteiger partial charge on any atom is -0.443 e. The maximum Gasteiger partial charge on any atom is 0.410 e. The minimum atomic E-state index is -0.397. The van der Waals surface area contributed by atoms with Crippen molar-refractivity contribution in [3.05, 3.63) is 83.2 Å². The summed E-state index contributed by atoms with van der Waals surface area (Å²) in [5.74, 6) is -0.00456. The number of aromatic amines is 1. The van der Waals surface area contributed by atoms with Crippen molar-refractivity contribution in [1.29, 1.82) is 0 Å². The molecule has 2 aliphatic heterocycles. The molecule has 2 amide bonds. The molecule has 7 heteroatoms. The maximum atomic E-state index is 13.2. The Labute approximate surface area is 186 Å². The number of ether oxygens (including phenoxy) is 1. The first-order chi connectivity index (χ1) is 15.6. The Kier molecular flexibility index (Phi) is 5.31. The fourth-order valence-electron chi connectivity index (χ4n) is 4.49. The third kappa shape index (κ3) is 3.93. The average molecular weight is 431 g/mol. The third-order valence-electron chi connectivity index (χ3n) is 6.12. The molecule has 0 spiro atoms. The largest absolute Gasteiger partial charge is 0.443 e. The summed E-state index contributed by atoms with van der Waals surface area (Å²) in [6.45, 7) is 2.09. The monoisotopic (exact) mass is 430 g/mol. The number of benzene rings is 2. The Morgan fingerprint density at radius 1 is 1.09 bits per heavy atom. The predicted octanol–water partition coefficient (Wildman–Crippen LogP) is 3.70. The Balaban J connectivity index is 1.25. The number of H-pyrrole nitrogens is 1. The molecule has 164 valence electrons. The molecular formula is C25H26N4O3.